The van der Waals surface area contributed by atoms with Gasteiger partial charge in [0.25, 0.3) is 0 Å². The maximum atomic E-state index is 11.7. The van der Waals surface area contributed by atoms with Crippen LogP contribution in [-0.4, -0.2) is 35.9 Å². The molecule has 4 nitrogen and oxygen atoms in total. The van der Waals surface area contributed by atoms with Gasteiger partial charge in [-0.3, -0.25) is 4.79 Å². The molecule has 0 radical (unpaired) electrons. The Kier molecular flexibility index (Phi) is 6.99. The predicted molar refractivity (Wildman–Crippen MR) is 88.0 cm³/mol. The molecule has 6 heteroatoms. The van der Waals surface area contributed by atoms with Crippen LogP contribution in [0.25, 0.3) is 0 Å². The van der Waals surface area contributed by atoms with Crippen molar-refractivity contribution >= 4 is 29.0 Å². The zero-order chi connectivity index (χ0) is 15.1. The molecule has 1 fully saturated rings. The molecule has 0 aromatic carbocycles. The number of aromatic nitrogens is 1. The Morgan fingerprint density at radius 1 is 1.52 bits per heavy atom. The first-order valence-electron chi connectivity index (χ1n) is 7.58. The summed E-state index contributed by atoms with van der Waals surface area (Å²) in [6.45, 7) is 5.43. The molecular formula is C15H24N2O2S2. The van der Waals surface area contributed by atoms with Crippen LogP contribution in [0.15, 0.2) is 9.72 Å². The molecular weight excluding hydrogens is 304 g/mol. The number of thiazole rings is 1. The van der Waals surface area contributed by atoms with Crippen LogP contribution in [0.2, 0.25) is 0 Å². The number of carbonyl (C=O) groups is 1. The van der Waals surface area contributed by atoms with Crippen LogP contribution >= 0.6 is 23.1 Å². The number of hydrogen-bond acceptors (Lipinski definition) is 5. The van der Waals surface area contributed by atoms with E-state index < -0.39 is 0 Å². The van der Waals surface area contributed by atoms with Gasteiger partial charge >= 0.3 is 0 Å². The number of thioether (sulfide) groups is 1. The zero-order valence-corrected chi connectivity index (χ0v) is 14.4. The van der Waals surface area contributed by atoms with Gasteiger partial charge in [0.05, 0.1) is 18.5 Å². The quantitative estimate of drug-likeness (QED) is 0.616. The van der Waals surface area contributed by atoms with E-state index in [9.17, 15) is 4.79 Å². The molecule has 1 heterocycles. The average molecular weight is 329 g/mol. The smallest absolute Gasteiger partial charge is 0.230 e. The van der Waals surface area contributed by atoms with E-state index in [2.05, 4.69) is 17.2 Å². The van der Waals surface area contributed by atoms with E-state index in [-0.39, 0.29) is 5.91 Å². The number of nitrogens with one attached hydrogen (secondary N) is 1. The van der Waals surface area contributed by atoms with Crippen LogP contribution < -0.4 is 5.32 Å². The Bertz CT molecular complexity index is 451. The normalized spacial score (nSPS) is 22.2. The van der Waals surface area contributed by atoms with Crippen LogP contribution in [-0.2, 0) is 9.53 Å². The summed E-state index contributed by atoms with van der Waals surface area (Å²) < 4.78 is 6.83. The van der Waals surface area contributed by atoms with Gasteiger partial charge in [0.2, 0.25) is 5.91 Å². The molecule has 0 aliphatic heterocycles. The fourth-order valence-corrected chi connectivity index (χ4v) is 4.19. The summed E-state index contributed by atoms with van der Waals surface area (Å²) in [7, 11) is 0. The predicted octanol–water partition coefficient (Wildman–Crippen LogP) is 3.26. The highest BCUT2D eigenvalue weighted by Crippen LogP contribution is 2.26. The third-order valence-electron chi connectivity index (χ3n) is 3.71. The topological polar surface area (TPSA) is 51.2 Å². The van der Waals surface area contributed by atoms with Gasteiger partial charge in [0.1, 0.15) is 0 Å². The van der Waals surface area contributed by atoms with E-state index in [1.165, 1.54) is 31.0 Å². The van der Waals surface area contributed by atoms with Crippen molar-refractivity contribution in [2.24, 2.45) is 5.92 Å². The molecule has 0 saturated heterocycles. The number of aryl methyl sites for hydroxylation is 1. The summed E-state index contributed by atoms with van der Waals surface area (Å²) in [5, 5.41) is 4.91. The first-order valence-corrected chi connectivity index (χ1v) is 9.45. The van der Waals surface area contributed by atoms with E-state index in [0.29, 0.717) is 30.9 Å². The molecule has 1 saturated carbocycles. The van der Waals surface area contributed by atoms with Gasteiger partial charge in [0, 0.05) is 17.6 Å². The SMILES string of the molecule is Cc1csc(SCC(=O)NCCO[C@@H]2CCCC[C@H]2C)n1. The lowest BCUT2D eigenvalue weighted by molar-refractivity contribution is -0.119. The minimum absolute atomic E-state index is 0.0492. The highest BCUT2D eigenvalue weighted by atomic mass is 32.2. The van der Waals surface area contributed by atoms with Crippen LogP contribution in [0.1, 0.15) is 38.3 Å². The Labute approximate surface area is 135 Å². The van der Waals surface area contributed by atoms with Crippen molar-refractivity contribution in [1.82, 2.24) is 10.3 Å². The summed E-state index contributed by atoms with van der Waals surface area (Å²) in [4.78, 5) is 16.1. The van der Waals surface area contributed by atoms with Gasteiger partial charge in [-0.25, -0.2) is 4.98 Å². The van der Waals surface area contributed by atoms with E-state index in [0.717, 1.165) is 16.5 Å². The Morgan fingerprint density at radius 2 is 2.33 bits per heavy atom. The van der Waals surface area contributed by atoms with Crippen molar-refractivity contribution in [2.45, 2.75) is 50.0 Å². The molecule has 1 aliphatic carbocycles. The van der Waals surface area contributed by atoms with E-state index >= 15 is 0 Å². The number of nitrogens with zero attached hydrogens (tertiary/aromatic N) is 1. The zero-order valence-electron chi connectivity index (χ0n) is 12.8. The van der Waals surface area contributed by atoms with Crippen molar-refractivity contribution in [3.05, 3.63) is 11.1 Å². The largest absolute Gasteiger partial charge is 0.376 e. The molecule has 21 heavy (non-hydrogen) atoms. The summed E-state index contributed by atoms with van der Waals surface area (Å²) >= 11 is 3.08. The van der Waals surface area contributed by atoms with Crippen LogP contribution in [0.4, 0.5) is 0 Å². The fraction of sp³-hybridized carbons (Fsp3) is 0.733. The lowest BCUT2D eigenvalue weighted by atomic mass is 9.88. The minimum atomic E-state index is 0.0492. The second-order valence-corrected chi connectivity index (χ2v) is 7.64. The van der Waals surface area contributed by atoms with Crippen LogP contribution in [0, 0.1) is 12.8 Å². The highest BCUT2D eigenvalue weighted by molar-refractivity contribution is 8.01. The first kappa shape index (κ1) is 16.8. The summed E-state index contributed by atoms with van der Waals surface area (Å²) in [5.74, 6) is 1.12. The van der Waals surface area contributed by atoms with Gasteiger partial charge < -0.3 is 10.1 Å². The number of amides is 1. The van der Waals surface area contributed by atoms with Crippen molar-refractivity contribution < 1.29 is 9.53 Å². The molecule has 118 valence electrons. The van der Waals surface area contributed by atoms with E-state index in [1.54, 1.807) is 11.3 Å². The number of ether oxygens (including phenoxy) is 1. The Hall–Kier alpha value is -0.590. The third kappa shape index (κ3) is 5.96. The van der Waals surface area contributed by atoms with Gasteiger partial charge in [-0.2, -0.15) is 0 Å². The average Bonchev–Trinajstić information content (AvgIpc) is 2.89. The number of carbonyl (C=O) groups excluding carboxylic acids is 1. The molecule has 0 unspecified atom stereocenters. The molecule has 2 rings (SSSR count). The van der Waals surface area contributed by atoms with Crippen molar-refractivity contribution in [3.63, 3.8) is 0 Å². The summed E-state index contributed by atoms with van der Waals surface area (Å²) in [6, 6.07) is 0. The second kappa shape index (κ2) is 8.76. The maximum Gasteiger partial charge on any atom is 0.230 e. The maximum absolute atomic E-state index is 11.7. The molecule has 1 aromatic rings. The highest BCUT2D eigenvalue weighted by Gasteiger charge is 2.21. The van der Waals surface area contributed by atoms with E-state index in [1.807, 2.05) is 12.3 Å². The fourth-order valence-electron chi connectivity index (χ4n) is 2.51. The van der Waals surface area contributed by atoms with Crippen molar-refractivity contribution in [2.75, 3.05) is 18.9 Å². The molecule has 1 aliphatic rings. The number of rotatable bonds is 7. The first-order chi connectivity index (χ1) is 10.1. The molecule has 0 spiro atoms. The van der Waals surface area contributed by atoms with Gasteiger partial charge in [-0.05, 0) is 25.7 Å². The van der Waals surface area contributed by atoms with Crippen molar-refractivity contribution in [3.8, 4) is 0 Å². The van der Waals surface area contributed by atoms with Gasteiger partial charge in [0.15, 0.2) is 4.34 Å². The molecule has 1 N–H and O–H groups in total. The monoisotopic (exact) mass is 328 g/mol. The second-order valence-electron chi connectivity index (χ2n) is 5.56. The van der Waals surface area contributed by atoms with Gasteiger partial charge in [-0.15, -0.1) is 11.3 Å². The standard InChI is InChI=1S/C15H24N2O2S2/c1-11-5-3-4-6-13(11)19-8-7-16-14(18)10-21-15-17-12(2)9-20-15/h9,11,13H,3-8,10H2,1-2H3,(H,16,18)/t11-,13-/m1/s1. The minimum Gasteiger partial charge on any atom is -0.376 e. The number of hydrogen-bond donors (Lipinski definition) is 1. The van der Waals surface area contributed by atoms with Crippen LogP contribution in [0.3, 0.4) is 0 Å². The Morgan fingerprint density at radius 3 is 3.05 bits per heavy atom. The lowest BCUT2D eigenvalue weighted by Crippen LogP contribution is -2.32. The molecule has 2 atom stereocenters. The van der Waals surface area contributed by atoms with Gasteiger partial charge in [-0.1, -0.05) is 31.5 Å². The molecule has 1 aromatic heterocycles. The molecule has 1 amide bonds. The summed E-state index contributed by atoms with van der Waals surface area (Å²) in [5.41, 5.74) is 1.01. The Balaban J connectivity index is 1.54. The summed E-state index contributed by atoms with van der Waals surface area (Å²) in [6.07, 6.45) is 5.40. The molecule has 0 bridgehead atoms. The van der Waals surface area contributed by atoms with Crippen LogP contribution in [0.5, 0.6) is 0 Å². The van der Waals surface area contributed by atoms with Crippen molar-refractivity contribution in [1.29, 1.82) is 0 Å². The van der Waals surface area contributed by atoms with E-state index in [4.69, 9.17) is 4.74 Å². The lowest BCUT2D eigenvalue weighted by Gasteiger charge is -2.28. The third-order valence-corrected chi connectivity index (χ3v) is 5.85.